The summed E-state index contributed by atoms with van der Waals surface area (Å²) in [6, 6.07) is 14.0. The van der Waals surface area contributed by atoms with E-state index >= 15 is 0 Å². The van der Waals surface area contributed by atoms with Crippen LogP contribution in [0.4, 0.5) is 0 Å². The van der Waals surface area contributed by atoms with Crippen molar-refractivity contribution in [1.82, 2.24) is 4.31 Å². The van der Waals surface area contributed by atoms with E-state index in [1.54, 1.807) is 36.4 Å². The largest absolute Gasteiger partial charge is 0.493 e. The lowest BCUT2D eigenvalue weighted by Gasteiger charge is -2.18. The fraction of sp³-hybridized carbons (Fsp3) is 0.235. The van der Waals surface area contributed by atoms with Gasteiger partial charge >= 0.3 is 0 Å². The Bertz CT molecular complexity index is 885. The minimum absolute atomic E-state index is 0.214. The number of hydrogen-bond acceptors (Lipinski definition) is 4. The Hall–Kier alpha value is -2.36. The highest BCUT2D eigenvalue weighted by Crippen LogP contribution is 2.28. The highest BCUT2D eigenvalue weighted by Gasteiger charge is 2.23. The molecule has 0 N–H and O–H groups in total. The van der Waals surface area contributed by atoms with Crippen LogP contribution in [-0.4, -0.2) is 26.4 Å². The van der Waals surface area contributed by atoms with Gasteiger partial charge in [0.25, 0.3) is 0 Å². The average Bonchev–Trinajstić information content (AvgIpc) is 3.02. The summed E-state index contributed by atoms with van der Waals surface area (Å²) in [5.74, 6) is 0.758. The fourth-order valence-electron chi connectivity index (χ4n) is 2.58. The van der Waals surface area contributed by atoms with Crippen LogP contribution in [0, 0.1) is 11.3 Å². The lowest BCUT2D eigenvalue weighted by molar-refractivity contribution is 0.356. The van der Waals surface area contributed by atoms with E-state index < -0.39 is 10.0 Å². The van der Waals surface area contributed by atoms with E-state index in [-0.39, 0.29) is 11.4 Å². The van der Waals surface area contributed by atoms with E-state index in [1.165, 1.54) is 11.4 Å². The predicted octanol–water partition coefficient (Wildman–Crippen LogP) is 2.31. The molecule has 2 aromatic carbocycles. The molecular weight excluding hydrogens is 312 g/mol. The van der Waals surface area contributed by atoms with Gasteiger partial charge in [-0.2, -0.15) is 9.57 Å². The molecule has 118 valence electrons. The van der Waals surface area contributed by atoms with Crippen molar-refractivity contribution >= 4 is 10.0 Å². The molecule has 5 nitrogen and oxygen atoms in total. The van der Waals surface area contributed by atoms with Crippen LogP contribution in [-0.2, 0) is 23.0 Å². The monoisotopic (exact) mass is 328 g/mol. The smallest absolute Gasteiger partial charge is 0.243 e. The molecular formula is C17H16N2O3S. The molecule has 1 aliphatic heterocycles. The molecule has 0 aliphatic carbocycles. The third-order valence-corrected chi connectivity index (χ3v) is 5.63. The number of rotatable bonds is 4. The van der Waals surface area contributed by atoms with Crippen LogP contribution < -0.4 is 4.74 Å². The van der Waals surface area contributed by atoms with Gasteiger partial charge in [0.15, 0.2) is 0 Å². The first-order chi connectivity index (χ1) is 11.0. The van der Waals surface area contributed by atoms with Crippen LogP contribution >= 0.6 is 0 Å². The third-order valence-electron chi connectivity index (χ3n) is 3.83. The molecule has 23 heavy (non-hydrogen) atoms. The van der Waals surface area contributed by atoms with E-state index in [0.29, 0.717) is 12.2 Å². The molecule has 0 atom stereocenters. The van der Waals surface area contributed by atoms with Gasteiger partial charge in [0.2, 0.25) is 10.0 Å². The second-order valence-corrected chi connectivity index (χ2v) is 7.49. The molecule has 6 heteroatoms. The molecule has 1 heterocycles. The van der Waals surface area contributed by atoms with Crippen molar-refractivity contribution in [2.24, 2.45) is 0 Å². The van der Waals surface area contributed by atoms with Crippen molar-refractivity contribution in [3.8, 4) is 11.8 Å². The van der Waals surface area contributed by atoms with Gasteiger partial charge in [-0.25, -0.2) is 8.42 Å². The van der Waals surface area contributed by atoms with Gasteiger partial charge in [-0.15, -0.1) is 0 Å². The quantitative estimate of drug-likeness (QED) is 0.863. The van der Waals surface area contributed by atoms with Crippen LogP contribution in [0.2, 0.25) is 0 Å². The van der Waals surface area contributed by atoms with Crippen molar-refractivity contribution in [3.05, 3.63) is 59.2 Å². The van der Waals surface area contributed by atoms with E-state index in [1.807, 2.05) is 6.07 Å². The zero-order valence-corrected chi connectivity index (χ0v) is 13.5. The Kier molecular flexibility index (Phi) is 4.07. The maximum absolute atomic E-state index is 12.7. The zero-order valence-electron chi connectivity index (χ0n) is 12.7. The number of benzene rings is 2. The van der Waals surface area contributed by atoms with Gasteiger partial charge in [0, 0.05) is 20.0 Å². The molecule has 0 saturated carbocycles. The Morgan fingerprint density at radius 1 is 1.26 bits per heavy atom. The first-order valence-electron chi connectivity index (χ1n) is 7.22. The summed E-state index contributed by atoms with van der Waals surface area (Å²) in [7, 11) is -2.04. The summed E-state index contributed by atoms with van der Waals surface area (Å²) < 4.78 is 32.1. The molecule has 0 fully saturated rings. The van der Waals surface area contributed by atoms with Gasteiger partial charge < -0.3 is 4.74 Å². The van der Waals surface area contributed by atoms with Gasteiger partial charge in [-0.05, 0) is 41.5 Å². The van der Waals surface area contributed by atoms with Crippen LogP contribution in [0.15, 0.2) is 47.4 Å². The summed E-state index contributed by atoms with van der Waals surface area (Å²) in [5, 5.41) is 8.93. The number of nitriles is 1. The Morgan fingerprint density at radius 2 is 2.09 bits per heavy atom. The predicted molar refractivity (Wildman–Crippen MR) is 85.5 cm³/mol. The third kappa shape index (κ3) is 3.07. The molecule has 0 radical (unpaired) electrons. The summed E-state index contributed by atoms with van der Waals surface area (Å²) in [5.41, 5.74) is 2.22. The van der Waals surface area contributed by atoms with Crippen molar-refractivity contribution in [1.29, 1.82) is 5.26 Å². The van der Waals surface area contributed by atoms with Crippen molar-refractivity contribution in [3.63, 3.8) is 0 Å². The molecule has 0 bridgehead atoms. The van der Waals surface area contributed by atoms with E-state index in [0.717, 1.165) is 23.3 Å². The van der Waals surface area contributed by atoms with Gasteiger partial charge in [0.1, 0.15) is 5.75 Å². The van der Waals surface area contributed by atoms with Gasteiger partial charge in [0.05, 0.1) is 23.1 Å². The molecule has 2 aromatic rings. The molecule has 0 unspecified atom stereocenters. The standard InChI is InChI=1S/C17H16N2O3S/c1-19(12-14-4-2-3-13(9-14)11-18)23(20,21)16-5-6-17-15(10-16)7-8-22-17/h2-6,9-10H,7-8,12H2,1H3. The summed E-state index contributed by atoms with van der Waals surface area (Å²) in [6.07, 6.45) is 0.729. The molecule has 0 aromatic heterocycles. The van der Waals surface area contributed by atoms with Crippen molar-refractivity contribution in [2.75, 3.05) is 13.7 Å². The minimum Gasteiger partial charge on any atom is -0.493 e. The topological polar surface area (TPSA) is 70.4 Å². The number of sulfonamides is 1. The summed E-state index contributed by atoms with van der Waals surface area (Å²) in [4.78, 5) is 0.265. The van der Waals surface area contributed by atoms with Crippen LogP contribution in [0.25, 0.3) is 0 Å². The second-order valence-electron chi connectivity index (χ2n) is 5.44. The maximum Gasteiger partial charge on any atom is 0.243 e. The van der Waals surface area contributed by atoms with Crippen LogP contribution in [0.1, 0.15) is 16.7 Å². The molecule has 0 spiro atoms. The maximum atomic E-state index is 12.7. The molecule has 0 amide bonds. The first kappa shape index (κ1) is 15.5. The summed E-state index contributed by atoms with van der Waals surface area (Å²) >= 11 is 0. The first-order valence-corrected chi connectivity index (χ1v) is 8.66. The van der Waals surface area contributed by atoms with Crippen LogP contribution in [0.5, 0.6) is 5.75 Å². The second kappa shape index (κ2) is 6.03. The molecule has 0 saturated heterocycles. The number of hydrogen-bond donors (Lipinski definition) is 0. The minimum atomic E-state index is -3.58. The lowest BCUT2D eigenvalue weighted by Crippen LogP contribution is -2.26. The number of fused-ring (bicyclic) bond motifs is 1. The normalized spacial score (nSPS) is 13.4. The number of ether oxygens (including phenoxy) is 1. The highest BCUT2D eigenvalue weighted by atomic mass is 32.2. The average molecular weight is 328 g/mol. The van der Waals surface area contributed by atoms with E-state index in [9.17, 15) is 8.42 Å². The van der Waals surface area contributed by atoms with E-state index in [4.69, 9.17) is 10.00 Å². The fourth-order valence-corrected chi connectivity index (χ4v) is 3.79. The SMILES string of the molecule is CN(Cc1cccc(C#N)c1)S(=O)(=O)c1ccc2c(c1)CCO2. The zero-order chi connectivity index (χ0) is 16.4. The van der Waals surface area contributed by atoms with Crippen molar-refractivity contribution < 1.29 is 13.2 Å². The summed E-state index contributed by atoms with van der Waals surface area (Å²) in [6.45, 7) is 0.807. The number of nitrogens with zero attached hydrogens (tertiary/aromatic N) is 2. The highest BCUT2D eigenvalue weighted by molar-refractivity contribution is 7.89. The molecule has 3 rings (SSSR count). The molecule has 1 aliphatic rings. The Labute approximate surface area is 135 Å². The van der Waals surface area contributed by atoms with Crippen molar-refractivity contribution in [2.45, 2.75) is 17.9 Å². The van der Waals surface area contributed by atoms with E-state index in [2.05, 4.69) is 6.07 Å². The van der Waals surface area contributed by atoms with Crippen LogP contribution in [0.3, 0.4) is 0 Å². The Balaban J connectivity index is 1.85. The Morgan fingerprint density at radius 3 is 2.87 bits per heavy atom. The van der Waals surface area contributed by atoms with Gasteiger partial charge in [-0.3, -0.25) is 0 Å². The lowest BCUT2D eigenvalue weighted by atomic mass is 10.1. The van der Waals surface area contributed by atoms with Gasteiger partial charge in [-0.1, -0.05) is 12.1 Å².